The highest BCUT2D eigenvalue weighted by atomic mass is 35.5. The number of alkyl halides is 3. The van der Waals surface area contributed by atoms with Crippen LogP contribution in [-0.2, 0) is 6.18 Å². The molecule has 0 aliphatic carbocycles. The number of halogens is 4. The first kappa shape index (κ1) is 23.8. The Morgan fingerprint density at radius 3 is 2.47 bits per heavy atom. The average Bonchev–Trinajstić information content (AvgIpc) is 3.44. The molecule has 0 fully saturated rings. The highest BCUT2D eigenvalue weighted by Crippen LogP contribution is 2.38. The topological polar surface area (TPSA) is 69.0 Å². The Morgan fingerprint density at radius 1 is 1.06 bits per heavy atom. The Bertz CT molecular complexity index is 1560. The van der Waals surface area contributed by atoms with Gasteiger partial charge in [0, 0.05) is 16.3 Å². The van der Waals surface area contributed by atoms with Crippen LogP contribution in [0.2, 0.25) is 5.02 Å². The summed E-state index contributed by atoms with van der Waals surface area (Å²) in [6.07, 6.45) is -5.07. The molecule has 2 aromatic heterocycles. The van der Waals surface area contributed by atoms with Gasteiger partial charge in [0.15, 0.2) is 11.4 Å². The van der Waals surface area contributed by atoms with Crippen molar-refractivity contribution < 1.29 is 22.7 Å². The van der Waals surface area contributed by atoms with Gasteiger partial charge in [0.1, 0.15) is 5.01 Å². The van der Waals surface area contributed by atoms with Gasteiger partial charge in [-0.05, 0) is 73.2 Å². The van der Waals surface area contributed by atoms with E-state index >= 15 is 0 Å². The zero-order valence-electron chi connectivity index (χ0n) is 18.5. The van der Waals surface area contributed by atoms with Gasteiger partial charge >= 0.3 is 12.3 Å². The van der Waals surface area contributed by atoms with Crippen LogP contribution < -0.4 is 10.1 Å². The van der Waals surface area contributed by atoms with Gasteiger partial charge in [-0.2, -0.15) is 18.3 Å². The van der Waals surface area contributed by atoms with Gasteiger partial charge in [-0.3, -0.25) is 5.32 Å². The third-order valence-electron chi connectivity index (χ3n) is 5.20. The molecule has 11 heteroatoms. The Kier molecular flexibility index (Phi) is 6.15. The van der Waals surface area contributed by atoms with Gasteiger partial charge in [-0.25, -0.2) is 14.5 Å². The first-order valence-corrected chi connectivity index (χ1v) is 11.7. The molecule has 0 atom stereocenters. The number of ether oxygens (including phenoxy) is 1. The molecular formula is C25H16ClF3N4O2S. The lowest BCUT2D eigenvalue weighted by Gasteiger charge is -2.13. The van der Waals surface area contributed by atoms with E-state index in [-0.39, 0.29) is 5.69 Å². The van der Waals surface area contributed by atoms with Crippen molar-refractivity contribution in [1.82, 2.24) is 14.8 Å². The molecule has 0 saturated carbocycles. The fourth-order valence-electron chi connectivity index (χ4n) is 3.54. The van der Waals surface area contributed by atoms with Gasteiger partial charge in [0.2, 0.25) is 0 Å². The number of benzene rings is 3. The summed E-state index contributed by atoms with van der Waals surface area (Å²) < 4.78 is 48.0. The van der Waals surface area contributed by atoms with E-state index in [1.807, 2.05) is 19.1 Å². The molecule has 0 aliphatic rings. The molecule has 2 heterocycles. The van der Waals surface area contributed by atoms with Crippen LogP contribution >= 0.6 is 22.9 Å². The smallest absolute Gasteiger partial charge is 0.406 e. The fraction of sp³-hybridized carbons (Fsp3) is 0.0800. The number of carbonyl (C=O) groups excluding carboxylic acids is 1. The molecule has 0 bridgehead atoms. The average molecular weight is 529 g/mol. The minimum atomic E-state index is -4.83. The number of nitrogens with one attached hydrogen (secondary N) is 1. The Morgan fingerprint density at radius 2 is 1.78 bits per heavy atom. The molecule has 0 radical (unpaired) electrons. The van der Waals surface area contributed by atoms with Gasteiger partial charge in [0.25, 0.3) is 0 Å². The number of aromatic nitrogens is 3. The SMILES string of the molecule is Cc1ccc2nc(-c3ccc(NC(=O)Oc4cnn(-c5ccc(Cl)cc5)c4C(F)(F)F)cc3)sc2c1. The minimum absolute atomic E-state index is 0.114. The monoisotopic (exact) mass is 528 g/mol. The molecule has 5 aromatic rings. The normalized spacial score (nSPS) is 11.6. The predicted octanol–water partition coefficient (Wildman–Crippen LogP) is 7.74. The number of hydrogen-bond donors (Lipinski definition) is 1. The van der Waals surface area contributed by atoms with E-state index < -0.39 is 23.7 Å². The summed E-state index contributed by atoms with van der Waals surface area (Å²) in [5.41, 5.74) is 2.12. The maximum Gasteiger partial charge on any atom is 0.437 e. The molecule has 0 spiro atoms. The molecule has 36 heavy (non-hydrogen) atoms. The molecular weight excluding hydrogens is 513 g/mol. The number of nitrogens with zero attached hydrogens (tertiary/aromatic N) is 3. The van der Waals surface area contributed by atoms with Crippen molar-refractivity contribution in [1.29, 1.82) is 0 Å². The lowest BCUT2D eigenvalue weighted by atomic mass is 10.2. The van der Waals surface area contributed by atoms with E-state index in [0.717, 1.165) is 32.5 Å². The number of rotatable bonds is 4. The van der Waals surface area contributed by atoms with Gasteiger partial charge < -0.3 is 4.74 Å². The van der Waals surface area contributed by atoms with Crippen LogP contribution in [0, 0.1) is 6.92 Å². The lowest BCUT2D eigenvalue weighted by Crippen LogP contribution is -2.20. The van der Waals surface area contributed by atoms with Crippen molar-refractivity contribution in [2.45, 2.75) is 13.1 Å². The summed E-state index contributed by atoms with van der Waals surface area (Å²) in [6.45, 7) is 2.01. The molecule has 0 aliphatic heterocycles. The summed E-state index contributed by atoms with van der Waals surface area (Å²) in [7, 11) is 0. The van der Waals surface area contributed by atoms with Crippen molar-refractivity contribution in [3.05, 3.63) is 89.2 Å². The second-order valence-corrected chi connectivity index (χ2v) is 9.29. The maximum atomic E-state index is 13.8. The number of fused-ring (bicyclic) bond motifs is 1. The highest BCUT2D eigenvalue weighted by molar-refractivity contribution is 7.21. The number of amides is 1. The van der Waals surface area contributed by atoms with E-state index in [2.05, 4.69) is 21.5 Å². The second kappa shape index (κ2) is 9.29. The molecule has 6 nitrogen and oxygen atoms in total. The number of carbonyl (C=O) groups is 1. The number of thiazole rings is 1. The van der Waals surface area contributed by atoms with E-state index in [0.29, 0.717) is 15.4 Å². The molecule has 182 valence electrons. The summed E-state index contributed by atoms with van der Waals surface area (Å²) in [6, 6.07) is 18.4. The van der Waals surface area contributed by atoms with Crippen molar-refractivity contribution in [2.75, 3.05) is 5.32 Å². The van der Waals surface area contributed by atoms with Gasteiger partial charge in [-0.15, -0.1) is 11.3 Å². The quantitative estimate of drug-likeness (QED) is 0.259. The van der Waals surface area contributed by atoms with Crippen molar-refractivity contribution >= 4 is 44.9 Å². The number of aryl methyl sites for hydroxylation is 1. The summed E-state index contributed by atoms with van der Waals surface area (Å²) >= 11 is 7.36. The van der Waals surface area contributed by atoms with Gasteiger partial charge in [0.05, 0.1) is 22.1 Å². The zero-order chi connectivity index (χ0) is 25.4. The second-order valence-electron chi connectivity index (χ2n) is 7.83. The third kappa shape index (κ3) is 4.91. The summed E-state index contributed by atoms with van der Waals surface area (Å²) in [5.74, 6) is -0.726. The van der Waals surface area contributed by atoms with Crippen LogP contribution in [0.4, 0.5) is 23.7 Å². The molecule has 1 N–H and O–H groups in total. The molecule has 1 amide bonds. The number of hydrogen-bond acceptors (Lipinski definition) is 5. The van der Waals surface area contributed by atoms with E-state index in [1.165, 1.54) is 24.3 Å². The molecule has 0 saturated heterocycles. The Labute approximate surface area is 211 Å². The van der Waals surface area contributed by atoms with E-state index in [1.54, 1.807) is 35.6 Å². The predicted molar refractivity (Wildman–Crippen MR) is 133 cm³/mol. The minimum Gasteiger partial charge on any atom is -0.406 e. The first-order valence-electron chi connectivity index (χ1n) is 10.5. The van der Waals surface area contributed by atoms with Crippen molar-refractivity contribution in [3.63, 3.8) is 0 Å². The van der Waals surface area contributed by atoms with Crippen molar-refractivity contribution in [2.24, 2.45) is 0 Å². The largest absolute Gasteiger partial charge is 0.437 e. The van der Waals surface area contributed by atoms with E-state index in [4.69, 9.17) is 16.3 Å². The highest BCUT2D eigenvalue weighted by Gasteiger charge is 2.40. The summed E-state index contributed by atoms with van der Waals surface area (Å²) in [4.78, 5) is 17.0. The van der Waals surface area contributed by atoms with Crippen LogP contribution in [0.5, 0.6) is 5.75 Å². The standard InChI is InChI=1S/C25H16ClF3N4O2S/c1-14-2-11-19-21(12-14)36-23(32-19)15-3-7-17(8-4-15)31-24(34)35-20-13-30-33(22(20)25(27,28)29)18-9-5-16(26)6-10-18/h2-13H,1H3,(H,31,34). The zero-order valence-corrected chi connectivity index (χ0v) is 20.1. The fourth-order valence-corrected chi connectivity index (χ4v) is 4.74. The van der Waals surface area contributed by atoms with E-state index in [9.17, 15) is 18.0 Å². The first-order chi connectivity index (χ1) is 17.2. The lowest BCUT2D eigenvalue weighted by molar-refractivity contribution is -0.143. The van der Waals surface area contributed by atoms with Crippen LogP contribution in [0.3, 0.4) is 0 Å². The van der Waals surface area contributed by atoms with Crippen LogP contribution in [0.25, 0.3) is 26.5 Å². The van der Waals surface area contributed by atoms with Crippen molar-refractivity contribution in [3.8, 4) is 22.0 Å². The third-order valence-corrected chi connectivity index (χ3v) is 6.52. The Balaban J connectivity index is 1.33. The maximum absolute atomic E-state index is 13.8. The molecule has 3 aromatic carbocycles. The Hall–Kier alpha value is -3.89. The number of anilines is 1. The van der Waals surface area contributed by atoms with Crippen LogP contribution in [0.15, 0.2) is 72.9 Å². The molecule has 0 unspecified atom stereocenters. The van der Waals surface area contributed by atoms with Crippen LogP contribution in [-0.4, -0.2) is 20.9 Å². The van der Waals surface area contributed by atoms with Gasteiger partial charge in [-0.1, -0.05) is 17.7 Å². The molecule has 5 rings (SSSR count). The summed E-state index contributed by atoms with van der Waals surface area (Å²) in [5, 5.41) is 7.37. The van der Waals surface area contributed by atoms with Crippen LogP contribution in [0.1, 0.15) is 11.3 Å².